The number of likely N-dealkylation sites (tertiary alicyclic amines) is 1. The number of hydrogen-bond donors (Lipinski definition) is 2. The maximum atomic E-state index is 13.5. The number of ether oxygens (including phenoxy) is 1. The number of aliphatic hydroxyl groups excluding tert-OH is 1. The zero-order valence-electron chi connectivity index (χ0n) is 18.5. The number of carbonyl (C=O) groups excluding carboxylic acids is 2. The predicted molar refractivity (Wildman–Crippen MR) is 114 cm³/mol. The van der Waals surface area contributed by atoms with E-state index in [9.17, 15) is 20.0 Å². The Balaban J connectivity index is 0.00000225. The van der Waals surface area contributed by atoms with E-state index >= 15 is 0 Å². The molecule has 1 heterocycles. The lowest BCUT2D eigenvalue weighted by Gasteiger charge is -2.34. The summed E-state index contributed by atoms with van der Waals surface area (Å²) in [6.45, 7) is 5.32. The van der Waals surface area contributed by atoms with Gasteiger partial charge in [0.1, 0.15) is 17.7 Å². The quantitative estimate of drug-likeness (QED) is 0.732. The van der Waals surface area contributed by atoms with Crippen molar-refractivity contribution in [1.82, 2.24) is 10.2 Å². The number of piperidine rings is 1. The van der Waals surface area contributed by atoms with Gasteiger partial charge in [-0.2, -0.15) is 5.26 Å². The number of carbonyl (C=O) groups is 2. The van der Waals surface area contributed by atoms with Gasteiger partial charge in [-0.15, -0.1) is 0 Å². The lowest BCUT2D eigenvalue weighted by Crippen LogP contribution is -2.54. The highest BCUT2D eigenvalue weighted by atomic mass is 16.6. The number of nitriles is 1. The molecule has 2 saturated carbocycles. The smallest absolute Gasteiger partial charge is 0.408 e. The van der Waals surface area contributed by atoms with Crippen LogP contribution in [0.1, 0.15) is 72.1 Å². The molecule has 3 fully saturated rings. The third-order valence-corrected chi connectivity index (χ3v) is 5.86. The van der Waals surface area contributed by atoms with Crippen LogP contribution >= 0.6 is 0 Å². The summed E-state index contributed by atoms with van der Waals surface area (Å²) < 4.78 is 5.38. The van der Waals surface area contributed by atoms with Crippen LogP contribution < -0.4 is 5.32 Å². The monoisotopic (exact) mass is 418 g/mol. The second kappa shape index (κ2) is 10.5. The van der Waals surface area contributed by atoms with Gasteiger partial charge in [0.15, 0.2) is 0 Å². The molecule has 3 aliphatic rings. The van der Waals surface area contributed by atoms with Crippen LogP contribution in [0.2, 0.25) is 0 Å². The van der Waals surface area contributed by atoms with E-state index < -0.39 is 29.9 Å². The fourth-order valence-electron chi connectivity index (χ4n) is 4.48. The van der Waals surface area contributed by atoms with Gasteiger partial charge in [-0.25, -0.2) is 4.79 Å². The number of aliphatic hydroxyl groups is 1. The second-order valence-corrected chi connectivity index (χ2v) is 9.38. The van der Waals surface area contributed by atoms with Gasteiger partial charge in [-0.1, -0.05) is 34.1 Å². The highest BCUT2D eigenvalue weighted by Gasteiger charge is 2.55. The van der Waals surface area contributed by atoms with Gasteiger partial charge in [0, 0.05) is 12.0 Å². The summed E-state index contributed by atoms with van der Waals surface area (Å²) >= 11 is 0. The van der Waals surface area contributed by atoms with Crippen molar-refractivity contribution in [3.05, 3.63) is 20.8 Å². The summed E-state index contributed by atoms with van der Waals surface area (Å²) in [4.78, 5) is 27.6. The van der Waals surface area contributed by atoms with Crippen molar-refractivity contribution in [3.63, 3.8) is 0 Å². The van der Waals surface area contributed by atoms with Crippen molar-refractivity contribution in [2.45, 2.75) is 102 Å². The highest BCUT2D eigenvalue weighted by molar-refractivity contribution is 5.89. The lowest BCUT2D eigenvalue weighted by atomic mass is 9.84. The van der Waals surface area contributed by atoms with E-state index in [-0.39, 0.29) is 26.8 Å². The largest absolute Gasteiger partial charge is 0.444 e. The molecule has 2 aliphatic carbocycles. The molecule has 1 unspecified atom stereocenters. The molecule has 0 spiro atoms. The number of nitrogens with zero attached hydrogens (tertiary/aromatic N) is 2. The first-order valence-electron chi connectivity index (χ1n) is 10.4. The number of alkyl carbamates (subject to hydrolysis) is 1. The van der Waals surface area contributed by atoms with E-state index in [4.69, 9.17) is 4.74 Å². The van der Waals surface area contributed by atoms with E-state index in [0.29, 0.717) is 31.6 Å². The maximum Gasteiger partial charge on any atom is 0.408 e. The first kappa shape index (κ1) is 26.2. The average molecular weight is 419 g/mol. The number of hydrogen-bond acceptors (Lipinski definition) is 5. The molecule has 5 atom stereocenters. The molecule has 7 heteroatoms. The summed E-state index contributed by atoms with van der Waals surface area (Å²) in [5.41, 5.74) is -0.673. The molecule has 0 aromatic carbocycles. The summed E-state index contributed by atoms with van der Waals surface area (Å²) in [5, 5.41) is 22.6. The number of fused-ring (bicyclic) bond motifs is 1. The van der Waals surface area contributed by atoms with E-state index in [1.165, 1.54) is 0 Å². The number of nitrogens with one attached hydrogen (secondary N) is 1. The Bertz CT molecular complexity index is 639. The molecular weight excluding hydrogens is 382 g/mol. The van der Waals surface area contributed by atoms with Gasteiger partial charge in [0.25, 0.3) is 0 Å². The highest BCUT2D eigenvalue weighted by Crippen LogP contribution is 2.48. The normalized spacial score (nSPS) is 29.6. The van der Waals surface area contributed by atoms with Gasteiger partial charge >= 0.3 is 6.09 Å². The first-order chi connectivity index (χ1) is 13.2. The van der Waals surface area contributed by atoms with Gasteiger partial charge in [0.2, 0.25) is 5.91 Å². The summed E-state index contributed by atoms with van der Waals surface area (Å²) in [7, 11) is 0. The van der Waals surface area contributed by atoms with Crippen LogP contribution in [0.4, 0.5) is 4.79 Å². The number of amides is 2. The van der Waals surface area contributed by atoms with Gasteiger partial charge in [0.05, 0.1) is 12.2 Å². The zero-order chi connectivity index (χ0) is 20.5. The Morgan fingerprint density at radius 2 is 1.93 bits per heavy atom. The molecule has 2 amide bonds. The topological polar surface area (TPSA) is 103 Å². The summed E-state index contributed by atoms with van der Waals surface area (Å²) in [6.07, 6.45) is 5.16. The molecule has 0 aromatic heterocycles. The second-order valence-electron chi connectivity index (χ2n) is 9.38. The van der Waals surface area contributed by atoms with Crippen LogP contribution in [0.25, 0.3) is 0 Å². The Hall–Kier alpha value is -1.81. The van der Waals surface area contributed by atoms with Crippen molar-refractivity contribution in [2.24, 2.45) is 5.92 Å². The molecule has 1 aliphatic heterocycles. The minimum absolute atomic E-state index is 0. The van der Waals surface area contributed by atoms with Crippen LogP contribution in [0, 0.1) is 38.0 Å². The molecule has 5 radical (unpaired) electrons. The van der Waals surface area contributed by atoms with Crippen molar-refractivity contribution in [3.8, 4) is 6.07 Å². The Kier molecular flexibility index (Phi) is 9.16. The molecule has 3 rings (SSSR count). The fourth-order valence-corrected chi connectivity index (χ4v) is 4.48. The SMILES string of the molecule is CC(C)(C)OC(=O)N[C@@H]([C]1CCCCCC(O)C1)C(=O)N1[C@H](C#N)C[C@@H]2C[C@@H]21.[CH2].[CH2]. The van der Waals surface area contributed by atoms with Gasteiger partial charge in [-0.05, 0) is 58.8 Å². The molecular formula is C23H36N3O4. The fraction of sp³-hybridized carbons (Fsp3) is 0.739. The standard InChI is InChI=1S/C21H32N3O4.2CH2/c1-21(2,3)28-20(27)23-18(13-7-5-4-6-8-16(25)10-13)19(26)24-15(12-22)9-14-11-17(14)24;;/h14-18,25H,4-11H2,1-3H3,(H,23,27);2*1H2/t14-,15+,16?,17+,18+;;/m1../s1. The van der Waals surface area contributed by atoms with E-state index in [2.05, 4.69) is 11.4 Å². The van der Waals surface area contributed by atoms with Crippen molar-refractivity contribution >= 4 is 12.0 Å². The molecule has 30 heavy (non-hydrogen) atoms. The van der Waals surface area contributed by atoms with Crippen LogP contribution in [-0.4, -0.2) is 51.8 Å². The Morgan fingerprint density at radius 3 is 2.57 bits per heavy atom. The van der Waals surface area contributed by atoms with E-state index in [1.807, 2.05) is 0 Å². The average Bonchev–Trinajstić information content (AvgIpc) is 3.24. The van der Waals surface area contributed by atoms with E-state index in [0.717, 1.165) is 31.6 Å². The molecule has 167 valence electrons. The zero-order valence-corrected chi connectivity index (χ0v) is 18.5. The number of rotatable bonds is 3. The lowest BCUT2D eigenvalue weighted by molar-refractivity contribution is -0.134. The summed E-state index contributed by atoms with van der Waals surface area (Å²) in [5.74, 6) is 1.01. The molecule has 2 N–H and O–H groups in total. The summed E-state index contributed by atoms with van der Waals surface area (Å²) in [6, 6.07) is 1.07. The predicted octanol–water partition coefficient (Wildman–Crippen LogP) is 3.34. The first-order valence-corrected chi connectivity index (χ1v) is 10.4. The molecule has 0 bridgehead atoms. The minimum atomic E-state index is -0.849. The Labute approximate surface area is 182 Å². The van der Waals surface area contributed by atoms with Crippen molar-refractivity contribution < 1.29 is 19.4 Å². The van der Waals surface area contributed by atoms with Crippen LogP contribution in [-0.2, 0) is 9.53 Å². The molecule has 7 nitrogen and oxygen atoms in total. The van der Waals surface area contributed by atoms with Crippen molar-refractivity contribution in [1.29, 1.82) is 5.26 Å². The third kappa shape index (κ3) is 6.34. The molecule has 1 saturated heterocycles. The van der Waals surface area contributed by atoms with E-state index in [1.54, 1.807) is 25.7 Å². The van der Waals surface area contributed by atoms with Gasteiger partial charge < -0.3 is 20.1 Å². The molecule has 0 aromatic rings. The minimum Gasteiger partial charge on any atom is -0.444 e. The van der Waals surface area contributed by atoms with Gasteiger partial charge in [-0.3, -0.25) is 4.79 Å². The third-order valence-electron chi connectivity index (χ3n) is 5.86. The Morgan fingerprint density at radius 1 is 1.23 bits per heavy atom. The van der Waals surface area contributed by atoms with Crippen LogP contribution in [0.15, 0.2) is 0 Å². The maximum absolute atomic E-state index is 13.5. The van der Waals surface area contributed by atoms with Crippen molar-refractivity contribution in [2.75, 3.05) is 0 Å². The van der Waals surface area contributed by atoms with Crippen LogP contribution in [0.3, 0.4) is 0 Å². The van der Waals surface area contributed by atoms with Crippen LogP contribution in [0.5, 0.6) is 0 Å².